The van der Waals surface area contributed by atoms with E-state index in [-0.39, 0.29) is 5.69 Å². The van der Waals surface area contributed by atoms with Crippen LogP contribution in [0.25, 0.3) is 0 Å². The summed E-state index contributed by atoms with van der Waals surface area (Å²) in [5.41, 5.74) is 1.35. The van der Waals surface area contributed by atoms with Crippen LogP contribution >= 0.6 is 0 Å². The van der Waals surface area contributed by atoms with Crippen LogP contribution in [0.4, 0.5) is 0 Å². The fourth-order valence-corrected chi connectivity index (χ4v) is 0.778. The van der Waals surface area contributed by atoms with E-state index in [1.165, 1.54) is 12.4 Å². The summed E-state index contributed by atoms with van der Waals surface area (Å²) in [7, 11) is 0. The van der Waals surface area contributed by atoms with Gasteiger partial charge in [0.1, 0.15) is 6.07 Å². The molecule has 1 rings (SSSR count). The van der Waals surface area contributed by atoms with Crippen molar-refractivity contribution in [1.82, 2.24) is 9.97 Å². The van der Waals surface area contributed by atoms with Crippen molar-refractivity contribution in [1.29, 1.82) is 5.26 Å². The Morgan fingerprint density at radius 3 is 2.86 bits per heavy atom. The molecule has 0 bridgehead atoms. The second-order valence-electron chi connectivity index (χ2n) is 2.91. The molecule has 0 atom stereocenters. The Labute approximate surface area is 82.9 Å². The van der Waals surface area contributed by atoms with Gasteiger partial charge in [0.15, 0.2) is 5.69 Å². The van der Waals surface area contributed by atoms with Gasteiger partial charge < -0.3 is 4.74 Å². The zero-order valence-corrected chi connectivity index (χ0v) is 8.03. The minimum atomic E-state index is 0.289. The Bertz CT molecular complexity index is 351. The lowest BCUT2D eigenvalue weighted by atomic mass is 10.3. The van der Waals surface area contributed by atoms with E-state index in [0.29, 0.717) is 12.5 Å². The largest absolute Gasteiger partial charge is 0.476 e. The zero-order chi connectivity index (χ0) is 10.4. The molecule has 0 fully saturated rings. The van der Waals surface area contributed by atoms with Crippen molar-refractivity contribution in [2.24, 2.45) is 0 Å². The van der Waals surface area contributed by atoms with Gasteiger partial charge in [-0.2, -0.15) is 5.26 Å². The van der Waals surface area contributed by atoms with Crippen LogP contribution in [-0.2, 0) is 0 Å². The van der Waals surface area contributed by atoms with Gasteiger partial charge in [0.05, 0.1) is 19.0 Å². The highest BCUT2D eigenvalue weighted by Gasteiger charge is 1.96. The van der Waals surface area contributed by atoms with Crippen molar-refractivity contribution in [2.45, 2.75) is 13.3 Å². The lowest BCUT2D eigenvalue weighted by molar-refractivity contribution is 0.308. The predicted molar refractivity (Wildman–Crippen MR) is 51.7 cm³/mol. The van der Waals surface area contributed by atoms with Crippen molar-refractivity contribution in [3.05, 3.63) is 30.2 Å². The highest BCUT2D eigenvalue weighted by molar-refractivity contribution is 5.18. The second kappa shape index (κ2) is 4.97. The van der Waals surface area contributed by atoms with Gasteiger partial charge in [0.25, 0.3) is 0 Å². The maximum Gasteiger partial charge on any atom is 0.232 e. The molecule has 1 aromatic heterocycles. The van der Waals surface area contributed by atoms with E-state index >= 15 is 0 Å². The quantitative estimate of drug-likeness (QED) is 0.676. The summed E-state index contributed by atoms with van der Waals surface area (Å²) >= 11 is 0. The summed E-state index contributed by atoms with van der Waals surface area (Å²) in [6, 6.07) is 1.89. The van der Waals surface area contributed by atoms with E-state index in [4.69, 9.17) is 10.00 Å². The Kier molecular flexibility index (Phi) is 3.62. The van der Waals surface area contributed by atoms with Gasteiger partial charge in [-0.05, 0) is 6.92 Å². The molecule has 4 heteroatoms. The van der Waals surface area contributed by atoms with Gasteiger partial charge in [-0.1, -0.05) is 5.57 Å². The molecule has 0 radical (unpaired) electrons. The third kappa shape index (κ3) is 3.23. The lowest BCUT2D eigenvalue weighted by Crippen LogP contribution is -2.00. The maximum atomic E-state index is 8.47. The van der Waals surface area contributed by atoms with Gasteiger partial charge >= 0.3 is 0 Å². The van der Waals surface area contributed by atoms with E-state index in [9.17, 15) is 0 Å². The molecule has 72 valence electrons. The summed E-state index contributed by atoms with van der Waals surface area (Å²) in [5.74, 6) is 0.435. The van der Waals surface area contributed by atoms with E-state index in [0.717, 1.165) is 12.0 Å². The number of nitriles is 1. The van der Waals surface area contributed by atoms with E-state index in [1.807, 2.05) is 13.0 Å². The predicted octanol–water partition coefficient (Wildman–Crippen LogP) is 1.69. The van der Waals surface area contributed by atoms with Crippen molar-refractivity contribution < 1.29 is 4.74 Å². The van der Waals surface area contributed by atoms with Crippen LogP contribution in [0.15, 0.2) is 24.5 Å². The Balaban J connectivity index is 2.45. The van der Waals surface area contributed by atoms with Crippen LogP contribution in [0.3, 0.4) is 0 Å². The molecule has 0 aliphatic heterocycles. The van der Waals surface area contributed by atoms with Crippen LogP contribution in [-0.4, -0.2) is 16.6 Å². The summed E-state index contributed by atoms with van der Waals surface area (Å²) in [6.45, 7) is 6.23. The molecule has 0 aliphatic rings. The normalized spacial score (nSPS) is 9.14. The molecule has 0 N–H and O–H groups in total. The van der Waals surface area contributed by atoms with Gasteiger partial charge in [-0.25, -0.2) is 9.97 Å². The van der Waals surface area contributed by atoms with Crippen LogP contribution in [0.1, 0.15) is 19.0 Å². The average molecular weight is 189 g/mol. The van der Waals surface area contributed by atoms with E-state index in [1.54, 1.807) is 0 Å². The molecule has 0 aromatic carbocycles. The monoisotopic (exact) mass is 189 g/mol. The number of hydrogen-bond donors (Lipinski definition) is 0. The van der Waals surface area contributed by atoms with Crippen molar-refractivity contribution >= 4 is 0 Å². The van der Waals surface area contributed by atoms with Crippen molar-refractivity contribution in [3.63, 3.8) is 0 Å². The van der Waals surface area contributed by atoms with E-state index in [2.05, 4.69) is 16.5 Å². The fraction of sp³-hybridized carbons (Fsp3) is 0.300. The topological polar surface area (TPSA) is 58.8 Å². The van der Waals surface area contributed by atoms with Crippen LogP contribution < -0.4 is 4.74 Å². The number of hydrogen-bond acceptors (Lipinski definition) is 4. The molecule has 0 amide bonds. The van der Waals surface area contributed by atoms with Gasteiger partial charge in [0, 0.05) is 6.42 Å². The Morgan fingerprint density at radius 1 is 1.57 bits per heavy atom. The third-order valence-corrected chi connectivity index (χ3v) is 1.52. The van der Waals surface area contributed by atoms with E-state index < -0.39 is 0 Å². The average Bonchev–Trinajstić information content (AvgIpc) is 2.18. The highest BCUT2D eigenvalue weighted by atomic mass is 16.5. The second-order valence-corrected chi connectivity index (χ2v) is 2.91. The fourth-order valence-electron chi connectivity index (χ4n) is 0.778. The molecule has 0 aliphatic carbocycles. The molecular weight excluding hydrogens is 178 g/mol. The lowest BCUT2D eigenvalue weighted by Gasteiger charge is -2.03. The summed E-state index contributed by atoms with van der Waals surface area (Å²) in [6.07, 6.45) is 3.62. The minimum absolute atomic E-state index is 0.289. The van der Waals surface area contributed by atoms with Crippen LogP contribution in [0.5, 0.6) is 5.88 Å². The zero-order valence-electron chi connectivity index (χ0n) is 8.03. The summed E-state index contributed by atoms with van der Waals surface area (Å²) < 4.78 is 5.27. The molecule has 0 saturated carbocycles. The molecule has 4 nitrogen and oxygen atoms in total. The van der Waals surface area contributed by atoms with Gasteiger partial charge in [-0.3, -0.25) is 0 Å². The molecule has 0 spiro atoms. The van der Waals surface area contributed by atoms with Crippen molar-refractivity contribution in [3.8, 4) is 11.9 Å². The number of rotatable bonds is 4. The molecule has 14 heavy (non-hydrogen) atoms. The first kappa shape index (κ1) is 10.2. The first-order valence-corrected chi connectivity index (χ1v) is 4.21. The van der Waals surface area contributed by atoms with Crippen LogP contribution in [0.2, 0.25) is 0 Å². The number of nitrogens with zero attached hydrogens (tertiary/aromatic N) is 3. The minimum Gasteiger partial charge on any atom is -0.476 e. The molecule has 1 aromatic rings. The first-order valence-electron chi connectivity index (χ1n) is 4.21. The smallest absolute Gasteiger partial charge is 0.232 e. The molecule has 0 saturated heterocycles. The standard InChI is InChI=1S/C10H11N3O/c1-8(2)3-4-14-10-7-12-9(5-11)6-13-10/h6-7H,1,3-4H2,2H3. The highest BCUT2D eigenvalue weighted by Crippen LogP contribution is 2.05. The molecule has 1 heterocycles. The van der Waals surface area contributed by atoms with Gasteiger partial charge in [-0.15, -0.1) is 6.58 Å². The van der Waals surface area contributed by atoms with Gasteiger partial charge in [0.2, 0.25) is 5.88 Å². The summed E-state index contributed by atoms with van der Waals surface area (Å²) in [5, 5.41) is 8.47. The maximum absolute atomic E-state index is 8.47. The first-order chi connectivity index (χ1) is 6.72. The molecule has 0 unspecified atom stereocenters. The number of aromatic nitrogens is 2. The number of ether oxygens (including phenoxy) is 1. The molecular formula is C10H11N3O. The Morgan fingerprint density at radius 2 is 2.36 bits per heavy atom. The van der Waals surface area contributed by atoms with Crippen molar-refractivity contribution in [2.75, 3.05) is 6.61 Å². The third-order valence-electron chi connectivity index (χ3n) is 1.52. The SMILES string of the molecule is C=C(C)CCOc1cnc(C#N)cn1. The van der Waals surface area contributed by atoms with Crippen LogP contribution in [0, 0.1) is 11.3 Å². The Hall–Kier alpha value is -1.89. The summed E-state index contributed by atoms with van der Waals surface area (Å²) in [4.78, 5) is 7.73.